The SMILES string of the molecule is CCCn1nncc1C(NC)c1ccc(Br)cc1OC. The van der Waals surface area contributed by atoms with E-state index < -0.39 is 0 Å². The van der Waals surface area contributed by atoms with Gasteiger partial charge in [0.15, 0.2) is 0 Å². The topological polar surface area (TPSA) is 52.0 Å². The monoisotopic (exact) mass is 338 g/mol. The van der Waals surface area contributed by atoms with E-state index in [-0.39, 0.29) is 6.04 Å². The molecule has 1 aromatic carbocycles. The summed E-state index contributed by atoms with van der Waals surface area (Å²) in [5, 5.41) is 11.5. The quantitative estimate of drug-likeness (QED) is 0.879. The highest BCUT2D eigenvalue weighted by Gasteiger charge is 2.21. The van der Waals surface area contributed by atoms with Gasteiger partial charge in [0.1, 0.15) is 5.75 Å². The summed E-state index contributed by atoms with van der Waals surface area (Å²) in [6.45, 7) is 2.98. The van der Waals surface area contributed by atoms with Crippen molar-refractivity contribution < 1.29 is 4.74 Å². The molecule has 20 heavy (non-hydrogen) atoms. The molecule has 0 aliphatic rings. The van der Waals surface area contributed by atoms with E-state index in [1.54, 1.807) is 13.3 Å². The molecule has 0 aliphatic heterocycles. The Bertz CT molecular complexity index is 570. The number of methoxy groups -OCH3 is 1. The summed E-state index contributed by atoms with van der Waals surface area (Å²) in [4.78, 5) is 0. The Morgan fingerprint density at radius 3 is 2.90 bits per heavy atom. The molecule has 0 amide bonds. The van der Waals surface area contributed by atoms with Crippen LogP contribution in [0.1, 0.15) is 30.6 Å². The minimum Gasteiger partial charge on any atom is -0.496 e. The summed E-state index contributed by atoms with van der Waals surface area (Å²) in [7, 11) is 3.61. The number of ether oxygens (including phenoxy) is 1. The van der Waals surface area contributed by atoms with Gasteiger partial charge < -0.3 is 10.1 Å². The maximum Gasteiger partial charge on any atom is 0.125 e. The average Bonchev–Trinajstić information content (AvgIpc) is 2.90. The highest BCUT2D eigenvalue weighted by Crippen LogP contribution is 2.31. The second kappa shape index (κ2) is 6.85. The van der Waals surface area contributed by atoms with Crippen LogP contribution >= 0.6 is 15.9 Å². The lowest BCUT2D eigenvalue weighted by molar-refractivity contribution is 0.403. The first kappa shape index (κ1) is 15.0. The summed E-state index contributed by atoms with van der Waals surface area (Å²) in [6.07, 6.45) is 2.82. The molecule has 0 aliphatic carbocycles. The predicted molar refractivity (Wildman–Crippen MR) is 81.9 cm³/mol. The molecule has 0 bridgehead atoms. The molecule has 108 valence electrons. The number of hydrogen-bond acceptors (Lipinski definition) is 4. The van der Waals surface area contributed by atoms with Gasteiger partial charge in [-0.05, 0) is 25.6 Å². The first-order valence-corrected chi connectivity index (χ1v) is 7.39. The van der Waals surface area contributed by atoms with Crippen molar-refractivity contribution in [1.82, 2.24) is 20.3 Å². The van der Waals surface area contributed by atoms with Crippen molar-refractivity contribution in [2.45, 2.75) is 25.9 Å². The van der Waals surface area contributed by atoms with E-state index in [1.807, 2.05) is 29.9 Å². The fraction of sp³-hybridized carbons (Fsp3) is 0.429. The van der Waals surface area contributed by atoms with Gasteiger partial charge in [0.05, 0.1) is 25.0 Å². The van der Waals surface area contributed by atoms with E-state index in [9.17, 15) is 0 Å². The van der Waals surface area contributed by atoms with Crippen LogP contribution in [-0.2, 0) is 6.54 Å². The molecular formula is C14H19BrN4O. The molecule has 6 heteroatoms. The third kappa shape index (κ3) is 3.02. The molecule has 2 rings (SSSR count). The van der Waals surface area contributed by atoms with Crippen LogP contribution in [0.5, 0.6) is 5.75 Å². The minimum atomic E-state index is -0.000370. The fourth-order valence-corrected chi connectivity index (χ4v) is 2.60. The number of nitrogens with zero attached hydrogens (tertiary/aromatic N) is 3. The molecule has 1 heterocycles. The molecule has 2 aromatic rings. The second-order valence-electron chi connectivity index (χ2n) is 4.49. The van der Waals surface area contributed by atoms with Gasteiger partial charge >= 0.3 is 0 Å². The van der Waals surface area contributed by atoms with E-state index in [0.717, 1.165) is 34.4 Å². The van der Waals surface area contributed by atoms with E-state index in [4.69, 9.17) is 4.74 Å². The largest absolute Gasteiger partial charge is 0.496 e. The Morgan fingerprint density at radius 1 is 1.45 bits per heavy atom. The van der Waals surface area contributed by atoms with Gasteiger partial charge in [0, 0.05) is 16.6 Å². The number of aryl methyl sites for hydroxylation is 1. The van der Waals surface area contributed by atoms with E-state index in [2.05, 4.69) is 38.5 Å². The zero-order valence-electron chi connectivity index (χ0n) is 11.9. The zero-order chi connectivity index (χ0) is 14.5. The third-order valence-corrected chi connectivity index (χ3v) is 3.67. The van der Waals surface area contributed by atoms with Gasteiger partial charge in [-0.25, -0.2) is 4.68 Å². The maximum atomic E-state index is 5.49. The second-order valence-corrected chi connectivity index (χ2v) is 5.41. The Labute approximate surface area is 127 Å². The maximum absolute atomic E-state index is 5.49. The molecule has 1 aromatic heterocycles. The molecule has 1 atom stereocenters. The molecule has 1 unspecified atom stereocenters. The van der Waals surface area contributed by atoms with Crippen molar-refractivity contribution in [1.29, 1.82) is 0 Å². The van der Waals surface area contributed by atoms with Gasteiger partial charge in [-0.1, -0.05) is 34.1 Å². The number of hydrogen-bond donors (Lipinski definition) is 1. The van der Waals surface area contributed by atoms with Crippen LogP contribution < -0.4 is 10.1 Å². The van der Waals surface area contributed by atoms with Crippen LogP contribution in [0.25, 0.3) is 0 Å². The number of halogens is 1. The fourth-order valence-electron chi connectivity index (χ4n) is 2.26. The molecule has 1 N–H and O–H groups in total. The third-order valence-electron chi connectivity index (χ3n) is 3.17. The number of benzene rings is 1. The van der Waals surface area contributed by atoms with E-state index >= 15 is 0 Å². The van der Waals surface area contributed by atoms with Gasteiger partial charge in [-0.3, -0.25) is 0 Å². The molecule has 5 nitrogen and oxygen atoms in total. The standard InChI is InChI=1S/C14H19BrN4O/c1-4-7-19-12(9-17-18-19)14(16-2)11-6-5-10(15)8-13(11)20-3/h5-6,8-9,14,16H,4,7H2,1-3H3. The molecule has 0 saturated carbocycles. The molecular weight excluding hydrogens is 320 g/mol. The summed E-state index contributed by atoms with van der Waals surface area (Å²) < 4.78 is 8.41. The number of aromatic nitrogens is 3. The Hall–Kier alpha value is -1.40. The van der Waals surface area contributed by atoms with Gasteiger partial charge in [-0.15, -0.1) is 5.10 Å². The van der Waals surface area contributed by atoms with Crippen LogP contribution in [0.4, 0.5) is 0 Å². The lowest BCUT2D eigenvalue weighted by atomic mass is 10.0. The van der Waals surface area contributed by atoms with Crippen LogP contribution in [0.15, 0.2) is 28.9 Å². The van der Waals surface area contributed by atoms with Crippen molar-refractivity contribution >= 4 is 15.9 Å². The first-order valence-electron chi connectivity index (χ1n) is 6.60. The first-order chi connectivity index (χ1) is 9.71. The van der Waals surface area contributed by atoms with Crippen molar-refractivity contribution in [2.24, 2.45) is 0 Å². The molecule has 0 radical (unpaired) electrons. The zero-order valence-corrected chi connectivity index (χ0v) is 13.5. The summed E-state index contributed by atoms with van der Waals surface area (Å²) >= 11 is 3.47. The van der Waals surface area contributed by atoms with Crippen molar-refractivity contribution in [2.75, 3.05) is 14.2 Å². The smallest absolute Gasteiger partial charge is 0.125 e. The lowest BCUT2D eigenvalue weighted by Gasteiger charge is -2.20. The normalized spacial score (nSPS) is 12.4. The molecule has 0 spiro atoms. The Balaban J connectivity index is 2.44. The van der Waals surface area contributed by atoms with Crippen molar-refractivity contribution in [3.63, 3.8) is 0 Å². The minimum absolute atomic E-state index is 0.000370. The van der Waals surface area contributed by atoms with Gasteiger partial charge in [0.25, 0.3) is 0 Å². The Kier molecular flexibility index (Phi) is 5.14. The van der Waals surface area contributed by atoms with Crippen LogP contribution in [0, 0.1) is 0 Å². The van der Waals surface area contributed by atoms with Crippen molar-refractivity contribution in [3.05, 3.63) is 40.1 Å². The highest BCUT2D eigenvalue weighted by atomic mass is 79.9. The van der Waals surface area contributed by atoms with Crippen LogP contribution in [-0.4, -0.2) is 29.2 Å². The van der Waals surface area contributed by atoms with Crippen molar-refractivity contribution in [3.8, 4) is 5.75 Å². The molecule has 0 saturated heterocycles. The average molecular weight is 339 g/mol. The van der Waals surface area contributed by atoms with E-state index in [1.165, 1.54) is 0 Å². The highest BCUT2D eigenvalue weighted by molar-refractivity contribution is 9.10. The van der Waals surface area contributed by atoms with Gasteiger partial charge in [0.2, 0.25) is 0 Å². The predicted octanol–water partition coefficient (Wildman–Crippen LogP) is 2.77. The summed E-state index contributed by atoms with van der Waals surface area (Å²) in [5.74, 6) is 0.836. The van der Waals surface area contributed by atoms with Gasteiger partial charge in [-0.2, -0.15) is 0 Å². The van der Waals surface area contributed by atoms with E-state index in [0.29, 0.717) is 0 Å². The number of rotatable bonds is 6. The summed E-state index contributed by atoms with van der Waals surface area (Å²) in [5.41, 5.74) is 2.10. The Morgan fingerprint density at radius 2 is 2.25 bits per heavy atom. The summed E-state index contributed by atoms with van der Waals surface area (Å²) in [6, 6.07) is 6.02. The molecule has 0 fully saturated rings. The number of nitrogens with one attached hydrogen (secondary N) is 1. The lowest BCUT2D eigenvalue weighted by Crippen LogP contribution is -2.22. The van der Waals surface area contributed by atoms with Crippen LogP contribution in [0.2, 0.25) is 0 Å². The van der Waals surface area contributed by atoms with Crippen LogP contribution in [0.3, 0.4) is 0 Å².